The average Bonchev–Trinajstić information content (AvgIpc) is 2.38. The van der Waals surface area contributed by atoms with Gasteiger partial charge in [0.1, 0.15) is 0 Å². The van der Waals surface area contributed by atoms with Gasteiger partial charge in [0.2, 0.25) is 0 Å². The van der Waals surface area contributed by atoms with E-state index in [-0.39, 0.29) is 6.04 Å². The Balaban J connectivity index is 2.51. The molecule has 1 unspecified atom stereocenters. The number of methoxy groups -OCH3 is 1. The van der Waals surface area contributed by atoms with Crippen molar-refractivity contribution in [2.24, 2.45) is 0 Å². The number of halogens is 2. The van der Waals surface area contributed by atoms with E-state index in [2.05, 4.69) is 28.2 Å². The lowest BCUT2D eigenvalue weighted by Gasteiger charge is -2.18. The molecular formula is C14H21BrClNO2. The van der Waals surface area contributed by atoms with Gasteiger partial charge in [-0.2, -0.15) is 0 Å². The van der Waals surface area contributed by atoms with Crippen LogP contribution in [0.25, 0.3) is 0 Å². The third-order valence-corrected chi connectivity index (χ3v) is 3.57. The Morgan fingerprint density at radius 3 is 2.79 bits per heavy atom. The summed E-state index contributed by atoms with van der Waals surface area (Å²) in [6, 6.07) is 6.24. The van der Waals surface area contributed by atoms with Gasteiger partial charge in [-0.15, -0.1) is 0 Å². The van der Waals surface area contributed by atoms with Crippen molar-refractivity contribution in [3.63, 3.8) is 0 Å². The number of rotatable bonds is 9. The minimum Gasteiger partial charge on any atom is -0.382 e. The summed E-state index contributed by atoms with van der Waals surface area (Å²) in [5.74, 6) is 0. The van der Waals surface area contributed by atoms with Gasteiger partial charge in [-0.25, -0.2) is 0 Å². The number of nitrogens with one attached hydrogen (secondary N) is 1. The van der Waals surface area contributed by atoms with Crippen LogP contribution in [-0.4, -0.2) is 39.5 Å². The lowest BCUT2D eigenvalue weighted by Crippen LogP contribution is -2.35. The van der Waals surface area contributed by atoms with Gasteiger partial charge in [0.05, 0.1) is 19.8 Å². The molecule has 0 spiro atoms. The van der Waals surface area contributed by atoms with Crippen LogP contribution >= 0.6 is 27.5 Å². The third-order valence-electron chi connectivity index (χ3n) is 2.73. The van der Waals surface area contributed by atoms with Gasteiger partial charge in [0, 0.05) is 22.6 Å². The van der Waals surface area contributed by atoms with Gasteiger partial charge in [-0.1, -0.05) is 40.5 Å². The summed E-state index contributed by atoms with van der Waals surface area (Å²) in [4.78, 5) is 0. The molecular weight excluding hydrogens is 330 g/mol. The van der Waals surface area contributed by atoms with E-state index in [1.165, 1.54) is 0 Å². The van der Waals surface area contributed by atoms with Crippen molar-refractivity contribution in [1.29, 1.82) is 0 Å². The molecule has 108 valence electrons. The second-order valence-electron chi connectivity index (χ2n) is 4.26. The molecule has 0 aliphatic carbocycles. The topological polar surface area (TPSA) is 30.5 Å². The highest BCUT2D eigenvalue weighted by molar-refractivity contribution is 9.10. The van der Waals surface area contributed by atoms with Crippen molar-refractivity contribution in [2.75, 3.05) is 33.5 Å². The lowest BCUT2D eigenvalue weighted by atomic mass is 10.1. The highest BCUT2D eigenvalue weighted by Crippen LogP contribution is 2.22. The van der Waals surface area contributed by atoms with E-state index in [1.54, 1.807) is 7.11 Å². The number of benzene rings is 1. The second kappa shape index (κ2) is 9.72. The van der Waals surface area contributed by atoms with Crippen LogP contribution in [0.3, 0.4) is 0 Å². The highest BCUT2D eigenvalue weighted by atomic mass is 79.9. The maximum atomic E-state index is 6.24. The van der Waals surface area contributed by atoms with Crippen LogP contribution in [0.4, 0.5) is 0 Å². The Kier molecular flexibility index (Phi) is 8.66. The van der Waals surface area contributed by atoms with Gasteiger partial charge < -0.3 is 14.8 Å². The van der Waals surface area contributed by atoms with Crippen LogP contribution in [0, 0.1) is 0 Å². The summed E-state index contributed by atoms with van der Waals surface area (Å²) in [6.45, 7) is 4.89. The summed E-state index contributed by atoms with van der Waals surface area (Å²) >= 11 is 9.65. The summed E-state index contributed by atoms with van der Waals surface area (Å²) in [7, 11) is 1.67. The third kappa shape index (κ3) is 6.72. The van der Waals surface area contributed by atoms with E-state index < -0.39 is 0 Å². The van der Waals surface area contributed by atoms with Gasteiger partial charge in [0.15, 0.2) is 0 Å². The molecule has 0 bridgehead atoms. The Bertz CT molecular complexity index is 376. The molecule has 1 atom stereocenters. The molecule has 0 aromatic heterocycles. The number of hydrogen-bond acceptors (Lipinski definition) is 3. The van der Waals surface area contributed by atoms with Crippen LogP contribution in [0.2, 0.25) is 5.02 Å². The van der Waals surface area contributed by atoms with Crippen LogP contribution in [-0.2, 0) is 15.9 Å². The molecule has 0 radical (unpaired) electrons. The van der Waals surface area contributed by atoms with Crippen molar-refractivity contribution in [3.05, 3.63) is 33.3 Å². The van der Waals surface area contributed by atoms with Crippen LogP contribution in [0.15, 0.2) is 22.7 Å². The maximum absolute atomic E-state index is 6.24. The molecule has 0 amide bonds. The molecule has 0 aliphatic heterocycles. The normalized spacial score (nSPS) is 12.6. The van der Waals surface area contributed by atoms with Crippen molar-refractivity contribution >= 4 is 27.5 Å². The van der Waals surface area contributed by atoms with E-state index in [9.17, 15) is 0 Å². The number of hydrogen-bond donors (Lipinski definition) is 1. The Morgan fingerprint density at radius 1 is 1.37 bits per heavy atom. The second-order valence-corrected chi connectivity index (χ2v) is 5.59. The standard InChI is InChI=1S/C14H21BrClNO2/c1-3-17-13(10-19-7-6-18-2)8-11-4-5-12(15)9-14(11)16/h4-5,9,13,17H,3,6-8,10H2,1-2H3. The predicted molar refractivity (Wildman–Crippen MR) is 83.0 cm³/mol. The monoisotopic (exact) mass is 349 g/mol. The molecule has 0 saturated carbocycles. The SMILES string of the molecule is CCNC(COCCOC)Cc1ccc(Br)cc1Cl. The molecule has 3 nitrogen and oxygen atoms in total. The zero-order valence-corrected chi connectivity index (χ0v) is 13.8. The summed E-state index contributed by atoms with van der Waals surface area (Å²) in [6.07, 6.45) is 0.854. The quantitative estimate of drug-likeness (QED) is 0.693. The van der Waals surface area contributed by atoms with Crippen LogP contribution in [0.1, 0.15) is 12.5 Å². The maximum Gasteiger partial charge on any atom is 0.0701 e. The van der Waals surface area contributed by atoms with Crippen molar-refractivity contribution in [1.82, 2.24) is 5.32 Å². The Hall–Kier alpha value is -0.130. The van der Waals surface area contributed by atoms with Crippen molar-refractivity contribution in [2.45, 2.75) is 19.4 Å². The Labute approximate surface area is 128 Å². The highest BCUT2D eigenvalue weighted by Gasteiger charge is 2.11. The van der Waals surface area contributed by atoms with E-state index in [1.807, 2.05) is 18.2 Å². The fourth-order valence-corrected chi connectivity index (χ4v) is 2.55. The number of ether oxygens (including phenoxy) is 2. The summed E-state index contributed by atoms with van der Waals surface area (Å²) in [5.41, 5.74) is 1.13. The van der Waals surface area contributed by atoms with Gasteiger partial charge in [-0.05, 0) is 30.7 Å². The fraction of sp³-hybridized carbons (Fsp3) is 0.571. The minimum atomic E-state index is 0.264. The summed E-state index contributed by atoms with van der Waals surface area (Å²) in [5, 5.41) is 4.20. The zero-order valence-electron chi connectivity index (χ0n) is 11.4. The van der Waals surface area contributed by atoms with Crippen molar-refractivity contribution < 1.29 is 9.47 Å². The molecule has 1 rings (SSSR count). The zero-order chi connectivity index (χ0) is 14.1. The molecule has 19 heavy (non-hydrogen) atoms. The van der Waals surface area contributed by atoms with Crippen molar-refractivity contribution in [3.8, 4) is 0 Å². The van der Waals surface area contributed by atoms with Crippen LogP contribution < -0.4 is 5.32 Å². The molecule has 0 fully saturated rings. The lowest BCUT2D eigenvalue weighted by molar-refractivity contribution is 0.0589. The van der Waals surface area contributed by atoms with E-state index in [0.29, 0.717) is 19.8 Å². The first-order chi connectivity index (χ1) is 9.17. The molecule has 1 N–H and O–H groups in total. The van der Waals surface area contributed by atoms with E-state index in [0.717, 1.165) is 28.0 Å². The van der Waals surface area contributed by atoms with Crippen LogP contribution in [0.5, 0.6) is 0 Å². The smallest absolute Gasteiger partial charge is 0.0701 e. The molecule has 5 heteroatoms. The van der Waals surface area contributed by atoms with Gasteiger partial charge in [-0.3, -0.25) is 0 Å². The molecule has 1 aromatic carbocycles. The summed E-state index contributed by atoms with van der Waals surface area (Å²) < 4.78 is 11.5. The first kappa shape index (κ1) is 16.9. The molecule has 0 saturated heterocycles. The average molecular weight is 351 g/mol. The van der Waals surface area contributed by atoms with Gasteiger partial charge in [0.25, 0.3) is 0 Å². The predicted octanol–water partition coefficient (Wildman–Crippen LogP) is 3.29. The van der Waals surface area contributed by atoms with E-state index in [4.69, 9.17) is 21.1 Å². The first-order valence-corrected chi connectivity index (χ1v) is 7.58. The minimum absolute atomic E-state index is 0.264. The van der Waals surface area contributed by atoms with Gasteiger partial charge >= 0.3 is 0 Å². The first-order valence-electron chi connectivity index (χ1n) is 6.41. The fourth-order valence-electron chi connectivity index (χ4n) is 1.80. The van der Waals surface area contributed by atoms with E-state index >= 15 is 0 Å². The Morgan fingerprint density at radius 2 is 2.16 bits per heavy atom. The molecule has 1 aromatic rings. The number of likely N-dealkylation sites (N-methyl/N-ethyl adjacent to an activating group) is 1. The molecule has 0 heterocycles. The largest absolute Gasteiger partial charge is 0.382 e. The molecule has 0 aliphatic rings.